The average molecular weight is 929 g/mol. The zero-order valence-corrected chi connectivity index (χ0v) is 44.9. The molecule has 0 aliphatic carbocycles. The smallest absolute Gasteiger partial charge is 0.000363 e. The first kappa shape index (κ1) is 41.5. The van der Waals surface area contributed by atoms with Crippen molar-refractivity contribution in [1.82, 2.24) is 0 Å². The summed E-state index contributed by atoms with van der Waals surface area (Å²) in [5, 5.41) is 0. The van der Waals surface area contributed by atoms with Crippen molar-refractivity contribution in [2.45, 2.75) is 0 Å². The molecule has 0 aromatic heterocycles. The molecule has 29 heteroatoms. The van der Waals surface area contributed by atoms with Crippen molar-refractivity contribution in [3.05, 3.63) is 0 Å². The molecule has 0 fully saturated rings. The predicted octanol–water partition coefficient (Wildman–Crippen LogP) is 16.7. The Labute approximate surface area is 230 Å². The molecule has 0 aromatic carbocycles. The van der Waals surface area contributed by atoms with Gasteiger partial charge >= 0.3 is 0 Å². The maximum absolute atomic E-state index is 3.28. The highest BCUT2D eigenvalue weighted by atomic mass is 33.5. The van der Waals surface area contributed by atoms with Crippen molar-refractivity contribution in [2.24, 2.45) is 0 Å². The predicted molar refractivity (Wildman–Crippen MR) is 244 cm³/mol. The first-order valence-corrected chi connectivity index (χ1v) is 58.7. The van der Waals surface area contributed by atoms with Crippen LogP contribution >= 0.6 is 233 Å². The van der Waals surface area contributed by atoms with E-state index in [4.69, 9.17) is 0 Å². The second-order valence-electron chi connectivity index (χ2n) is 4.42. The fourth-order valence-electron chi connectivity index (χ4n) is 1.56. The molecule has 0 aliphatic rings. The lowest BCUT2D eigenvalue weighted by Gasteiger charge is -2.51. The quantitative estimate of drug-likeness (QED) is 0.162. The molecule has 0 radical (unpaired) electrons. The zero-order chi connectivity index (χ0) is 23.2. The van der Waals surface area contributed by atoms with Gasteiger partial charge in [-0.25, -0.2) is 0 Å². The summed E-state index contributed by atoms with van der Waals surface area (Å²) in [6.07, 6.45) is 0. The first-order chi connectivity index (χ1) is 13.2. The molecular weight excluding hydrogens is 898 g/mol. The van der Waals surface area contributed by atoms with Gasteiger partial charge in [-0.15, -0.1) is 134 Å². The highest BCUT2D eigenvalue weighted by Crippen LogP contribution is 3.37. The van der Waals surface area contributed by atoms with Gasteiger partial charge in [-0.3, -0.25) is 0 Å². The highest BCUT2D eigenvalue weighted by molar-refractivity contribution is 9.43. The second-order valence-corrected chi connectivity index (χ2v) is 119. The Morgan fingerprint density at radius 1 is 0.310 bits per heavy atom. The third-order valence-corrected chi connectivity index (χ3v) is 193. The molecule has 0 saturated heterocycles. The molecule has 0 bridgehead atoms. The summed E-state index contributed by atoms with van der Waals surface area (Å²) in [4.78, 5) is 0. The largest absolute Gasteiger partial charge is 0.109 e. The SMILES string of the molecule is PPP(P(P)P)P(P(P(P)P)P(P)P)P(P(P(P)P)P(P)P)P(P(P)P)P(P)P. The Morgan fingerprint density at radius 2 is 0.552 bits per heavy atom. The van der Waals surface area contributed by atoms with Gasteiger partial charge in [0.05, 0.1) is 0 Å². The molecule has 0 saturated carbocycles. The normalized spacial score (nSPS) is 16.3. The van der Waals surface area contributed by atoms with E-state index in [2.05, 4.69) is 134 Å². The van der Waals surface area contributed by atoms with Crippen LogP contribution < -0.4 is 0 Å². The average Bonchev–Trinajstić information content (AvgIpc) is 2.51. The number of hydrogen-bond donors (Lipinski definition) is 0. The van der Waals surface area contributed by atoms with Gasteiger partial charge in [0.25, 0.3) is 0 Å². The number of hydrogen-bond acceptors (Lipinski definition) is 0. The maximum atomic E-state index is 3.28. The maximum Gasteiger partial charge on any atom is -0.000363 e. The molecule has 0 nitrogen and oxygen atoms in total. The van der Waals surface area contributed by atoms with Gasteiger partial charge in [0.1, 0.15) is 0 Å². The molecule has 18 unspecified atom stereocenters. The third kappa shape index (κ3) is 15.3. The van der Waals surface area contributed by atoms with Crippen LogP contribution in [-0.4, -0.2) is 0 Å². The summed E-state index contributed by atoms with van der Waals surface area (Å²) in [6, 6.07) is 0. The van der Waals surface area contributed by atoms with Crippen LogP contribution in [0.25, 0.3) is 0 Å². The lowest BCUT2D eigenvalue weighted by molar-refractivity contribution is 4.43. The van der Waals surface area contributed by atoms with Crippen LogP contribution in [0.2, 0.25) is 0 Å². The lowest BCUT2D eigenvalue weighted by Crippen LogP contribution is -1.63. The minimum atomic E-state index is -0.0415. The van der Waals surface area contributed by atoms with E-state index in [1.807, 2.05) is 0 Å². The molecule has 0 aromatic rings. The summed E-state index contributed by atoms with van der Waals surface area (Å²) in [7, 11) is 50.2. The summed E-state index contributed by atoms with van der Waals surface area (Å²) in [6.45, 7) is 0.173. The van der Waals surface area contributed by atoms with Gasteiger partial charge in [-0.1, -0.05) is 7.96 Å². The van der Waals surface area contributed by atoms with Crippen molar-refractivity contribution in [2.75, 3.05) is 0 Å². The minimum absolute atomic E-state index is 0.0147. The van der Waals surface area contributed by atoms with Gasteiger partial charge in [0.2, 0.25) is 0 Å². The van der Waals surface area contributed by atoms with Crippen LogP contribution in [0.15, 0.2) is 0 Å². The zero-order valence-electron chi connectivity index (χ0n) is 15.0. The van der Waals surface area contributed by atoms with E-state index >= 15 is 0 Å². The Kier molecular flexibility index (Phi) is 32.7. The van der Waals surface area contributed by atoms with Crippen molar-refractivity contribution >= 4 is 233 Å². The van der Waals surface area contributed by atoms with Crippen LogP contribution in [0.3, 0.4) is 0 Å². The van der Waals surface area contributed by atoms with Crippen LogP contribution in [0.4, 0.5) is 0 Å². The Bertz CT molecular complexity index is 368. The van der Waals surface area contributed by atoms with Crippen LogP contribution in [-0.2, 0) is 0 Å². The van der Waals surface area contributed by atoms with E-state index in [1.165, 1.54) is 0 Å². The minimum Gasteiger partial charge on any atom is -0.109 e. The summed E-state index contributed by atoms with van der Waals surface area (Å²) >= 11 is 0. The Morgan fingerprint density at radius 3 is 0.724 bits per heavy atom. The van der Waals surface area contributed by atoms with E-state index < -0.39 is 0 Å². The van der Waals surface area contributed by atoms with Gasteiger partial charge < -0.3 is 0 Å². The van der Waals surface area contributed by atoms with E-state index in [0.717, 1.165) is 7.96 Å². The van der Waals surface area contributed by atoms with E-state index in [1.54, 1.807) is 0 Å². The van der Waals surface area contributed by atoms with Crippen LogP contribution in [0.1, 0.15) is 0 Å². The van der Waals surface area contributed by atoms with Crippen molar-refractivity contribution in [3.63, 3.8) is 0 Å². The third-order valence-electron chi connectivity index (χ3n) is 2.38. The summed E-state index contributed by atoms with van der Waals surface area (Å²) < 4.78 is 0. The second kappa shape index (κ2) is 22.9. The van der Waals surface area contributed by atoms with E-state index in [-0.39, 0.29) is 90.8 Å². The molecule has 0 heterocycles. The molecule has 18 atom stereocenters. The van der Waals surface area contributed by atoms with E-state index in [0.29, 0.717) is 0 Å². The monoisotopic (exact) mass is 929 g/mol. The van der Waals surface area contributed by atoms with Crippen LogP contribution in [0.5, 0.6) is 0 Å². The molecule has 0 rings (SSSR count). The molecule has 0 amide bonds. The fourth-order valence-corrected chi connectivity index (χ4v) is 379. The highest BCUT2D eigenvalue weighted by Gasteiger charge is 2.49. The van der Waals surface area contributed by atoms with Gasteiger partial charge in [-0.2, -0.15) is 0 Å². The standard InChI is InChI=1S/H31P29/c1-16-24(17(2)3)28(25(18(4)5)19(6)7)29(26(20(8)9)21(10)11)27(22(12)13)23(14)15/h16H,1-15H2. The molecule has 0 N–H and O–H groups in total. The van der Waals surface area contributed by atoms with Crippen LogP contribution in [0, 0.1) is 0 Å². The fraction of sp³-hybridized carbons (Fsp3) is 0. The molecular formula is H31P29. The first-order valence-electron chi connectivity index (χ1n) is 6.53. The van der Waals surface area contributed by atoms with Crippen molar-refractivity contribution in [3.8, 4) is 0 Å². The summed E-state index contributed by atoms with van der Waals surface area (Å²) in [5.74, 6) is 0. The van der Waals surface area contributed by atoms with Crippen molar-refractivity contribution in [1.29, 1.82) is 0 Å². The number of rotatable bonds is 13. The lowest BCUT2D eigenvalue weighted by atomic mass is 28.5. The van der Waals surface area contributed by atoms with E-state index in [9.17, 15) is 0 Å². The van der Waals surface area contributed by atoms with Gasteiger partial charge in [0, 0.05) is 0 Å². The van der Waals surface area contributed by atoms with Crippen molar-refractivity contribution < 1.29 is 0 Å². The van der Waals surface area contributed by atoms with Gasteiger partial charge in [0.15, 0.2) is 0 Å². The Balaban J connectivity index is 6.97. The topological polar surface area (TPSA) is 0 Å². The van der Waals surface area contributed by atoms with Gasteiger partial charge in [-0.05, 0) is 90.8 Å². The summed E-state index contributed by atoms with van der Waals surface area (Å²) in [5.41, 5.74) is 0. The Hall–Kier alpha value is 12.5. The molecule has 29 heavy (non-hydrogen) atoms. The molecule has 0 aliphatic heterocycles. The molecule has 0 spiro atoms. The molecule has 176 valence electrons.